The second-order valence-electron chi connectivity index (χ2n) is 8.65. The number of fused-ring (bicyclic) bond motifs is 1. The number of pyridine rings is 1. The predicted octanol–water partition coefficient (Wildman–Crippen LogP) is 3.61. The van der Waals surface area contributed by atoms with Gasteiger partial charge in [-0.1, -0.05) is 29.3 Å². The van der Waals surface area contributed by atoms with Crippen LogP contribution < -0.4 is 10.6 Å². The lowest BCUT2D eigenvalue weighted by atomic mass is 10.1. The molecule has 0 radical (unpaired) electrons. The van der Waals surface area contributed by atoms with Gasteiger partial charge in [-0.15, -0.1) is 0 Å². The molecule has 1 aromatic heterocycles. The van der Waals surface area contributed by atoms with Crippen LogP contribution in [0, 0.1) is 0 Å². The third-order valence-electron chi connectivity index (χ3n) is 6.18. The summed E-state index contributed by atoms with van der Waals surface area (Å²) in [6.45, 7) is 3.53. The molecule has 2 aliphatic rings. The fourth-order valence-electron chi connectivity index (χ4n) is 4.34. The van der Waals surface area contributed by atoms with Gasteiger partial charge in [0.25, 0.3) is 5.91 Å². The zero-order valence-corrected chi connectivity index (χ0v) is 20.2. The highest BCUT2D eigenvalue weighted by Crippen LogP contribution is 2.25. The van der Waals surface area contributed by atoms with Crippen LogP contribution in [0.15, 0.2) is 30.5 Å². The third kappa shape index (κ3) is 6.18. The first kappa shape index (κ1) is 24.7. The number of halogens is 2. The van der Waals surface area contributed by atoms with Crippen molar-refractivity contribution in [1.29, 1.82) is 0 Å². The van der Waals surface area contributed by atoms with E-state index in [1.807, 2.05) is 6.20 Å². The summed E-state index contributed by atoms with van der Waals surface area (Å²) in [7, 11) is 0. The van der Waals surface area contributed by atoms with Crippen molar-refractivity contribution in [3.8, 4) is 0 Å². The molecule has 3 N–H and O–H groups in total. The number of carboxylic acid groups (broad SMARTS) is 1. The Morgan fingerprint density at radius 3 is 2.88 bits per heavy atom. The van der Waals surface area contributed by atoms with Crippen molar-refractivity contribution in [2.24, 2.45) is 0 Å². The molecule has 3 heterocycles. The molecular formula is C24H28Cl2N4O4. The maximum absolute atomic E-state index is 12.6. The summed E-state index contributed by atoms with van der Waals surface area (Å²) in [5, 5.41) is 15.8. The Balaban J connectivity index is 1.24. The Labute approximate surface area is 208 Å². The van der Waals surface area contributed by atoms with Gasteiger partial charge < -0.3 is 25.4 Å². The normalized spacial score (nSPS) is 18.7. The Bertz CT molecular complexity index is 1030. The molecule has 0 unspecified atom stereocenters. The highest BCUT2D eigenvalue weighted by atomic mass is 35.5. The van der Waals surface area contributed by atoms with Gasteiger partial charge in [0.05, 0.1) is 28.3 Å². The van der Waals surface area contributed by atoms with Crippen molar-refractivity contribution in [2.75, 3.05) is 31.5 Å². The van der Waals surface area contributed by atoms with Crippen LogP contribution in [0.4, 0.5) is 5.82 Å². The molecule has 182 valence electrons. The van der Waals surface area contributed by atoms with Crippen molar-refractivity contribution < 1.29 is 19.4 Å². The number of hydrogen-bond acceptors (Lipinski definition) is 6. The van der Waals surface area contributed by atoms with Crippen LogP contribution in [0.2, 0.25) is 10.0 Å². The summed E-state index contributed by atoms with van der Waals surface area (Å²) in [5.74, 6) is -0.726. The van der Waals surface area contributed by atoms with E-state index in [0.717, 1.165) is 50.3 Å². The minimum Gasteiger partial charge on any atom is -0.480 e. The van der Waals surface area contributed by atoms with Crippen LogP contribution in [-0.2, 0) is 22.6 Å². The number of benzene rings is 1. The molecule has 1 saturated heterocycles. The van der Waals surface area contributed by atoms with Gasteiger partial charge in [0.15, 0.2) is 0 Å². The number of aryl methyl sites for hydroxylation is 1. The highest BCUT2D eigenvalue weighted by molar-refractivity contribution is 6.39. The zero-order valence-electron chi connectivity index (χ0n) is 18.7. The lowest BCUT2D eigenvalue weighted by Gasteiger charge is -2.20. The lowest BCUT2D eigenvalue weighted by Crippen LogP contribution is -2.43. The number of carbonyl (C=O) groups is 2. The number of nitrogens with zero attached hydrogens (tertiary/aromatic N) is 2. The molecule has 0 bridgehead atoms. The number of anilines is 1. The fraction of sp³-hybridized carbons (Fsp3) is 0.458. The third-order valence-corrected chi connectivity index (χ3v) is 6.81. The number of amides is 1. The summed E-state index contributed by atoms with van der Waals surface area (Å²) in [5.41, 5.74) is 2.38. The topological polar surface area (TPSA) is 104 Å². The van der Waals surface area contributed by atoms with Gasteiger partial charge in [-0.3, -0.25) is 4.79 Å². The molecule has 0 saturated carbocycles. The van der Waals surface area contributed by atoms with Crippen LogP contribution in [0.1, 0.15) is 40.7 Å². The first-order valence-corrected chi connectivity index (χ1v) is 12.2. The van der Waals surface area contributed by atoms with E-state index >= 15 is 0 Å². The number of rotatable bonds is 9. The van der Waals surface area contributed by atoms with Gasteiger partial charge in [0.1, 0.15) is 11.9 Å². The largest absolute Gasteiger partial charge is 0.480 e. The second kappa shape index (κ2) is 11.4. The van der Waals surface area contributed by atoms with E-state index in [1.165, 1.54) is 5.56 Å². The van der Waals surface area contributed by atoms with Crippen molar-refractivity contribution in [1.82, 2.24) is 15.2 Å². The minimum absolute atomic E-state index is 0.0777. The summed E-state index contributed by atoms with van der Waals surface area (Å²) in [6.07, 6.45) is 5.21. The molecule has 2 aliphatic heterocycles. The van der Waals surface area contributed by atoms with Gasteiger partial charge in [-0.25, -0.2) is 9.78 Å². The monoisotopic (exact) mass is 506 g/mol. The fourth-order valence-corrected chi connectivity index (χ4v) is 4.91. The molecule has 1 aromatic carbocycles. The standard InChI is InChI=1S/C24H28Cl2N4O4/c25-18-4-1-5-19(26)21(18)23(31)29-20(24(32)33)7-10-30-9-6-17(13-30)34-14-15-11-16-3-2-8-27-22(16)28-12-15/h1,4-5,11-12,17,20H,2-3,6-10,13-14H2,(H,27,28)(H,29,31)(H,32,33)/t17-,20+/m1/s1. The number of aromatic nitrogens is 1. The number of ether oxygens (including phenoxy) is 1. The molecule has 0 spiro atoms. The summed E-state index contributed by atoms with van der Waals surface area (Å²) in [4.78, 5) is 31.0. The van der Waals surface area contributed by atoms with Crippen LogP contribution >= 0.6 is 23.2 Å². The molecular weight excluding hydrogens is 479 g/mol. The molecule has 2 atom stereocenters. The van der Waals surface area contributed by atoms with Gasteiger partial charge in [0.2, 0.25) is 0 Å². The Kier molecular flexibility index (Phi) is 8.26. The number of nitrogens with one attached hydrogen (secondary N) is 2. The first-order chi connectivity index (χ1) is 16.4. The van der Waals surface area contributed by atoms with Crippen LogP contribution in [0.25, 0.3) is 0 Å². The highest BCUT2D eigenvalue weighted by Gasteiger charge is 2.27. The SMILES string of the molecule is O=C(N[C@@H](CCN1CC[C@@H](OCc2cnc3c(c2)CCCN3)C1)C(=O)O)c1c(Cl)cccc1Cl. The van der Waals surface area contributed by atoms with E-state index in [2.05, 4.69) is 26.6 Å². The van der Waals surface area contributed by atoms with Gasteiger partial charge in [0, 0.05) is 32.4 Å². The molecule has 10 heteroatoms. The minimum atomic E-state index is -1.10. The average Bonchev–Trinajstić information content (AvgIpc) is 3.28. The van der Waals surface area contributed by atoms with Gasteiger partial charge in [-0.2, -0.15) is 0 Å². The van der Waals surface area contributed by atoms with Crippen molar-refractivity contribution >= 4 is 40.9 Å². The van der Waals surface area contributed by atoms with E-state index < -0.39 is 17.9 Å². The van der Waals surface area contributed by atoms with Crippen LogP contribution in [0.3, 0.4) is 0 Å². The average molecular weight is 507 g/mol. The quantitative estimate of drug-likeness (QED) is 0.477. The van der Waals surface area contributed by atoms with Gasteiger partial charge >= 0.3 is 5.97 Å². The maximum Gasteiger partial charge on any atom is 0.326 e. The van der Waals surface area contributed by atoms with Crippen molar-refractivity contribution in [2.45, 2.75) is 44.4 Å². The van der Waals surface area contributed by atoms with Crippen molar-refractivity contribution in [3.05, 3.63) is 57.2 Å². The number of aliphatic carboxylic acids is 1. The predicted molar refractivity (Wildman–Crippen MR) is 131 cm³/mol. The van der Waals surface area contributed by atoms with E-state index in [1.54, 1.807) is 18.2 Å². The first-order valence-electron chi connectivity index (χ1n) is 11.4. The van der Waals surface area contributed by atoms with E-state index in [-0.39, 0.29) is 28.1 Å². The number of hydrogen-bond donors (Lipinski definition) is 3. The number of carboxylic acids is 1. The lowest BCUT2D eigenvalue weighted by molar-refractivity contribution is -0.139. The smallest absolute Gasteiger partial charge is 0.326 e. The molecule has 2 aromatic rings. The van der Waals surface area contributed by atoms with Crippen LogP contribution in [0.5, 0.6) is 0 Å². The Hall–Kier alpha value is -2.39. The molecule has 1 fully saturated rings. The molecule has 34 heavy (non-hydrogen) atoms. The van der Waals surface area contributed by atoms with Gasteiger partial charge in [-0.05, 0) is 55.0 Å². The van der Waals surface area contributed by atoms with Crippen molar-refractivity contribution in [3.63, 3.8) is 0 Å². The molecule has 1 amide bonds. The van der Waals surface area contributed by atoms with E-state index in [9.17, 15) is 14.7 Å². The molecule has 8 nitrogen and oxygen atoms in total. The van der Waals surface area contributed by atoms with E-state index in [0.29, 0.717) is 13.2 Å². The summed E-state index contributed by atoms with van der Waals surface area (Å²) < 4.78 is 6.10. The Morgan fingerprint density at radius 1 is 1.32 bits per heavy atom. The maximum atomic E-state index is 12.6. The number of carbonyl (C=O) groups excluding carboxylic acids is 1. The summed E-state index contributed by atoms with van der Waals surface area (Å²) >= 11 is 12.1. The summed E-state index contributed by atoms with van der Waals surface area (Å²) in [6, 6.07) is 5.82. The molecule has 4 rings (SSSR count). The van der Waals surface area contributed by atoms with Crippen LogP contribution in [-0.4, -0.2) is 65.2 Å². The number of likely N-dealkylation sites (tertiary alicyclic amines) is 1. The Morgan fingerprint density at radius 2 is 2.12 bits per heavy atom. The zero-order chi connectivity index (χ0) is 24.1. The molecule has 0 aliphatic carbocycles. The van der Waals surface area contributed by atoms with E-state index in [4.69, 9.17) is 27.9 Å². The second-order valence-corrected chi connectivity index (χ2v) is 9.47.